The average Bonchev–Trinajstić information content (AvgIpc) is 2.36. The molecule has 0 aromatic rings. The quantitative estimate of drug-likeness (QED) is 0.538. The highest BCUT2D eigenvalue weighted by Crippen LogP contribution is 2.15. The summed E-state index contributed by atoms with van der Waals surface area (Å²) >= 11 is 0. The first kappa shape index (κ1) is 12.7. The van der Waals surface area contributed by atoms with Gasteiger partial charge in [0, 0.05) is 11.6 Å². The zero-order chi connectivity index (χ0) is 12.3. The molecule has 0 radical (unpaired) electrons. The van der Waals surface area contributed by atoms with Crippen LogP contribution in [-0.2, 0) is 14.3 Å². The van der Waals surface area contributed by atoms with Gasteiger partial charge in [-0.2, -0.15) is 13.2 Å². The number of carbonyl (C=O) groups is 2. The van der Waals surface area contributed by atoms with Crippen molar-refractivity contribution in [3.63, 3.8) is 0 Å². The summed E-state index contributed by atoms with van der Waals surface area (Å²) < 4.78 is 39.4. The molecule has 2 amide bonds. The van der Waals surface area contributed by atoms with E-state index in [1.165, 1.54) is 6.92 Å². The van der Waals surface area contributed by atoms with Crippen molar-refractivity contribution in [1.29, 1.82) is 0 Å². The molecule has 1 aliphatic heterocycles. The molecule has 0 saturated heterocycles. The van der Waals surface area contributed by atoms with Crippen LogP contribution in [0.1, 0.15) is 6.92 Å². The van der Waals surface area contributed by atoms with Crippen LogP contribution in [-0.4, -0.2) is 42.6 Å². The molecule has 0 bridgehead atoms. The van der Waals surface area contributed by atoms with E-state index in [9.17, 15) is 22.8 Å². The van der Waals surface area contributed by atoms with Crippen LogP contribution in [0, 0.1) is 0 Å². The topological polar surface area (TPSA) is 46.6 Å². The van der Waals surface area contributed by atoms with Crippen LogP contribution in [0.15, 0.2) is 11.6 Å². The van der Waals surface area contributed by atoms with Crippen molar-refractivity contribution in [2.75, 3.05) is 19.8 Å². The lowest BCUT2D eigenvalue weighted by atomic mass is 10.3. The van der Waals surface area contributed by atoms with E-state index in [0.717, 1.165) is 11.0 Å². The zero-order valence-electron chi connectivity index (χ0n) is 8.50. The van der Waals surface area contributed by atoms with Gasteiger partial charge in [0.2, 0.25) is 0 Å². The molecule has 0 aliphatic carbocycles. The van der Waals surface area contributed by atoms with E-state index in [1.54, 1.807) is 0 Å². The van der Waals surface area contributed by atoms with Crippen molar-refractivity contribution in [3.05, 3.63) is 11.6 Å². The Hall–Kier alpha value is -1.37. The van der Waals surface area contributed by atoms with Gasteiger partial charge in [-0.05, 0) is 6.92 Å². The predicted molar refractivity (Wildman–Crippen MR) is 47.4 cm³/mol. The molecule has 0 unspecified atom stereocenters. The van der Waals surface area contributed by atoms with Gasteiger partial charge in [-0.25, -0.2) is 0 Å². The molecule has 0 spiro atoms. The molecular weight excluding hydrogens is 227 g/mol. The smallest absolute Gasteiger partial charge is 0.370 e. The van der Waals surface area contributed by atoms with E-state index < -0.39 is 24.6 Å². The number of rotatable bonds is 4. The van der Waals surface area contributed by atoms with Crippen LogP contribution >= 0.6 is 0 Å². The highest BCUT2D eigenvalue weighted by molar-refractivity contribution is 6.15. The van der Waals surface area contributed by atoms with Crippen molar-refractivity contribution in [1.82, 2.24) is 4.90 Å². The molecule has 0 N–H and O–H groups in total. The van der Waals surface area contributed by atoms with Gasteiger partial charge in [0.05, 0.1) is 13.2 Å². The fourth-order valence-corrected chi connectivity index (χ4v) is 1.19. The molecule has 0 atom stereocenters. The Bertz CT molecular complexity index is 335. The fourth-order valence-electron chi connectivity index (χ4n) is 1.19. The summed E-state index contributed by atoms with van der Waals surface area (Å²) in [6.07, 6.45) is -3.25. The first-order chi connectivity index (χ1) is 7.31. The summed E-state index contributed by atoms with van der Waals surface area (Å²) in [6, 6.07) is 0. The predicted octanol–water partition coefficient (Wildman–Crippen LogP) is 0.880. The number of hydrogen-bond acceptors (Lipinski definition) is 3. The monoisotopic (exact) mass is 237 g/mol. The Morgan fingerprint density at radius 2 is 2.00 bits per heavy atom. The summed E-state index contributed by atoms with van der Waals surface area (Å²) in [5.41, 5.74) is 0.279. The van der Waals surface area contributed by atoms with Gasteiger partial charge in [0.15, 0.2) is 0 Å². The van der Waals surface area contributed by atoms with Gasteiger partial charge < -0.3 is 4.74 Å². The summed E-state index contributed by atoms with van der Waals surface area (Å²) in [7, 11) is 0. The third kappa shape index (κ3) is 3.34. The second-order valence-electron chi connectivity index (χ2n) is 3.29. The highest BCUT2D eigenvalue weighted by Gasteiger charge is 2.30. The van der Waals surface area contributed by atoms with Crippen LogP contribution in [0.4, 0.5) is 13.2 Å². The molecule has 16 heavy (non-hydrogen) atoms. The molecule has 0 saturated carbocycles. The lowest BCUT2D eigenvalue weighted by Crippen LogP contribution is -2.34. The second-order valence-corrected chi connectivity index (χ2v) is 3.29. The van der Waals surface area contributed by atoms with Gasteiger partial charge in [-0.1, -0.05) is 0 Å². The van der Waals surface area contributed by atoms with Gasteiger partial charge >= 0.3 is 6.18 Å². The number of nitrogens with zero attached hydrogens (tertiary/aromatic N) is 1. The lowest BCUT2D eigenvalue weighted by molar-refractivity contribution is -0.174. The summed E-state index contributed by atoms with van der Waals surface area (Å²) in [6.45, 7) is -0.397. The maximum absolute atomic E-state index is 11.7. The first-order valence-corrected chi connectivity index (χ1v) is 4.50. The van der Waals surface area contributed by atoms with Crippen LogP contribution in [0.2, 0.25) is 0 Å². The number of ether oxygens (including phenoxy) is 1. The summed E-state index contributed by atoms with van der Waals surface area (Å²) in [5.74, 6) is -1.00. The lowest BCUT2D eigenvalue weighted by Gasteiger charge is -2.14. The van der Waals surface area contributed by atoms with Gasteiger partial charge in [0.1, 0.15) is 6.61 Å². The van der Waals surface area contributed by atoms with Crippen molar-refractivity contribution < 1.29 is 27.5 Å². The van der Waals surface area contributed by atoms with Gasteiger partial charge in [-0.3, -0.25) is 14.5 Å². The number of carbonyl (C=O) groups excluding carboxylic acids is 2. The molecule has 4 nitrogen and oxygen atoms in total. The van der Waals surface area contributed by atoms with E-state index in [1.807, 2.05) is 0 Å². The number of amides is 2. The maximum atomic E-state index is 11.7. The van der Waals surface area contributed by atoms with Crippen molar-refractivity contribution in [2.45, 2.75) is 13.1 Å². The fraction of sp³-hybridized carbons (Fsp3) is 0.556. The minimum atomic E-state index is -4.40. The first-order valence-electron chi connectivity index (χ1n) is 4.50. The van der Waals surface area contributed by atoms with E-state index in [-0.39, 0.29) is 18.7 Å². The van der Waals surface area contributed by atoms with Crippen molar-refractivity contribution >= 4 is 11.8 Å². The Labute approximate surface area is 89.7 Å². The van der Waals surface area contributed by atoms with Gasteiger partial charge in [-0.15, -0.1) is 0 Å². The van der Waals surface area contributed by atoms with Crippen LogP contribution in [0.25, 0.3) is 0 Å². The number of halogens is 3. The standard InChI is InChI=1S/C9H10F3NO3/c1-6-4-7(14)13(8(6)15)2-3-16-5-9(10,11)12/h4H,2-3,5H2,1H3. The molecule has 0 aromatic heterocycles. The SMILES string of the molecule is CC1=CC(=O)N(CCOCC(F)(F)F)C1=O. The van der Waals surface area contributed by atoms with E-state index in [2.05, 4.69) is 4.74 Å². The Kier molecular flexibility index (Phi) is 3.69. The molecule has 1 heterocycles. The molecular formula is C9H10F3NO3. The molecule has 7 heteroatoms. The molecule has 0 fully saturated rings. The number of hydrogen-bond donors (Lipinski definition) is 0. The third-order valence-electron chi connectivity index (χ3n) is 1.91. The average molecular weight is 237 g/mol. The second kappa shape index (κ2) is 4.65. The normalized spacial score (nSPS) is 17.0. The number of alkyl halides is 3. The molecule has 1 aliphatic rings. The zero-order valence-corrected chi connectivity index (χ0v) is 8.50. The molecule has 1 rings (SSSR count). The van der Waals surface area contributed by atoms with E-state index >= 15 is 0 Å². The molecule has 90 valence electrons. The molecule has 0 aromatic carbocycles. The van der Waals surface area contributed by atoms with Crippen LogP contribution < -0.4 is 0 Å². The van der Waals surface area contributed by atoms with Crippen molar-refractivity contribution in [2.24, 2.45) is 0 Å². The third-order valence-corrected chi connectivity index (χ3v) is 1.91. The Morgan fingerprint density at radius 3 is 2.44 bits per heavy atom. The Balaban J connectivity index is 2.30. The Morgan fingerprint density at radius 1 is 1.38 bits per heavy atom. The minimum Gasteiger partial charge on any atom is -0.370 e. The summed E-state index contributed by atoms with van der Waals surface area (Å²) in [5, 5.41) is 0. The van der Waals surface area contributed by atoms with E-state index in [0.29, 0.717) is 0 Å². The summed E-state index contributed by atoms with van der Waals surface area (Å²) in [4.78, 5) is 23.3. The van der Waals surface area contributed by atoms with Gasteiger partial charge in [0.25, 0.3) is 11.8 Å². The largest absolute Gasteiger partial charge is 0.411 e. The van der Waals surface area contributed by atoms with Crippen molar-refractivity contribution in [3.8, 4) is 0 Å². The van der Waals surface area contributed by atoms with Crippen LogP contribution in [0.3, 0.4) is 0 Å². The maximum Gasteiger partial charge on any atom is 0.411 e. The minimum absolute atomic E-state index is 0.165. The van der Waals surface area contributed by atoms with E-state index in [4.69, 9.17) is 0 Å². The van der Waals surface area contributed by atoms with Crippen LogP contribution in [0.5, 0.6) is 0 Å². The highest BCUT2D eigenvalue weighted by atomic mass is 19.4. The number of imide groups is 1.